The predicted molar refractivity (Wildman–Crippen MR) is 84.2 cm³/mol. The molecule has 1 aliphatic heterocycles. The summed E-state index contributed by atoms with van der Waals surface area (Å²) in [5.41, 5.74) is 0.808. The van der Waals surface area contributed by atoms with Gasteiger partial charge in [0, 0.05) is 31.5 Å². The second kappa shape index (κ2) is 6.37. The molecule has 0 atom stereocenters. The van der Waals surface area contributed by atoms with Crippen molar-refractivity contribution in [2.75, 3.05) is 13.1 Å². The number of carbonyl (C=O) groups excluding carboxylic acids is 1. The quantitative estimate of drug-likeness (QED) is 0.836. The standard InChI is InChI=1S/C17H22N4O3/c1-11-8-14(23-19-11)10-16(22)21-6-4-12(5-7-21)9-15-18-17(24-20-15)13-2-3-13/h8,12-13H,2-7,9-10H2,1H3. The van der Waals surface area contributed by atoms with E-state index in [4.69, 9.17) is 9.05 Å². The molecule has 1 aliphatic carbocycles. The van der Waals surface area contributed by atoms with Crippen molar-refractivity contribution in [3.63, 3.8) is 0 Å². The summed E-state index contributed by atoms with van der Waals surface area (Å²) < 4.78 is 10.4. The number of nitrogens with zero attached hydrogens (tertiary/aromatic N) is 4. The number of aromatic nitrogens is 3. The molecule has 0 spiro atoms. The SMILES string of the molecule is Cc1cc(CC(=O)N2CCC(Cc3noc(C4CC4)n3)CC2)on1. The van der Waals surface area contributed by atoms with Crippen LogP contribution in [0.4, 0.5) is 0 Å². The minimum absolute atomic E-state index is 0.111. The highest BCUT2D eigenvalue weighted by Crippen LogP contribution is 2.39. The molecule has 1 amide bonds. The first-order valence-corrected chi connectivity index (χ1v) is 8.70. The van der Waals surface area contributed by atoms with E-state index < -0.39 is 0 Å². The van der Waals surface area contributed by atoms with Gasteiger partial charge in [-0.15, -0.1) is 0 Å². The molecule has 2 aromatic heterocycles. The Morgan fingerprint density at radius 1 is 1.21 bits per heavy atom. The largest absolute Gasteiger partial charge is 0.361 e. The Labute approximate surface area is 140 Å². The maximum atomic E-state index is 12.3. The van der Waals surface area contributed by atoms with Gasteiger partial charge in [0.05, 0.1) is 12.1 Å². The van der Waals surface area contributed by atoms with Crippen LogP contribution in [0, 0.1) is 12.8 Å². The van der Waals surface area contributed by atoms with Crippen molar-refractivity contribution in [3.8, 4) is 0 Å². The first kappa shape index (κ1) is 15.4. The van der Waals surface area contributed by atoms with Crippen molar-refractivity contribution in [1.29, 1.82) is 0 Å². The number of aryl methyl sites for hydroxylation is 1. The lowest BCUT2D eigenvalue weighted by molar-refractivity contribution is -0.132. The molecular weight excluding hydrogens is 308 g/mol. The summed E-state index contributed by atoms with van der Waals surface area (Å²) >= 11 is 0. The molecule has 7 nitrogen and oxygen atoms in total. The Morgan fingerprint density at radius 3 is 2.67 bits per heavy atom. The Bertz CT molecular complexity index is 711. The summed E-state index contributed by atoms with van der Waals surface area (Å²) in [4.78, 5) is 18.7. The van der Waals surface area contributed by atoms with Crippen LogP contribution in [0.5, 0.6) is 0 Å². The summed E-state index contributed by atoms with van der Waals surface area (Å²) in [5, 5.41) is 7.92. The summed E-state index contributed by atoms with van der Waals surface area (Å²) in [6, 6.07) is 1.82. The average Bonchev–Trinajstić information content (AvgIpc) is 3.20. The fourth-order valence-corrected chi connectivity index (χ4v) is 3.25. The maximum Gasteiger partial charge on any atom is 0.230 e. The molecule has 128 valence electrons. The zero-order valence-corrected chi connectivity index (χ0v) is 13.9. The van der Waals surface area contributed by atoms with Crippen molar-refractivity contribution < 1.29 is 13.8 Å². The molecule has 24 heavy (non-hydrogen) atoms. The van der Waals surface area contributed by atoms with Gasteiger partial charge in [-0.3, -0.25) is 4.79 Å². The van der Waals surface area contributed by atoms with Gasteiger partial charge in [0.15, 0.2) is 5.82 Å². The number of hydrogen-bond donors (Lipinski definition) is 0. The number of amides is 1. The van der Waals surface area contributed by atoms with Gasteiger partial charge < -0.3 is 13.9 Å². The van der Waals surface area contributed by atoms with Gasteiger partial charge in [-0.1, -0.05) is 10.3 Å². The fraction of sp³-hybridized carbons (Fsp3) is 0.647. The highest BCUT2D eigenvalue weighted by molar-refractivity contribution is 5.78. The number of piperidine rings is 1. The molecule has 0 bridgehead atoms. The van der Waals surface area contributed by atoms with Gasteiger partial charge in [0.2, 0.25) is 11.8 Å². The monoisotopic (exact) mass is 330 g/mol. The molecule has 7 heteroatoms. The normalized spacial score (nSPS) is 19.0. The molecule has 3 heterocycles. The second-order valence-corrected chi connectivity index (χ2v) is 6.96. The highest BCUT2D eigenvalue weighted by atomic mass is 16.5. The van der Waals surface area contributed by atoms with E-state index in [9.17, 15) is 4.79 Å². The van der Waals surface area contributed by atoms with E-state index in [2.05, 4.69) is 15.3 Å². The smallest absolute Gasteiger partial charge is 0.230 e. The number of likely N-dealkylation sites (tertiary alicyclic amines) is 1. The third kappa shape index (κ3) is 3.49. The highest BCUT2D eigenvalue weighted by Gasteiger charge is 2.30. The lowest BCUT2D eigenvalue weighted by atomic mass is 9.93. The van der Waals surface area contributed by atoms with E-state index in [-0.39, 0.29) is 5.91 Å². The Kier molecular flexibility index (Phi) is 4.08. The second-order valence-electron chi connectivity index (χ2n) is 6.96. The summed E-state index contributed by atoms with van der Waals surface area (Å²) in [7, 11) is 0. The summed E-state index contributed by atoms with van der Waals surface area (Å²) in [6.07, 6.45) is 5.45. The van der Waals surface area contributed by atoms with E-state index in [1.165, 1.54) is 12.8 Å². The van der Waals surface area contributed by atoms with Gasteiger partial charge in [-0.05, 0) is 38.5 Å². The lowest BCUT2D eigenvalue weighted by Crippen LogP contribution is -2.39. The maximum absolute atomic E-state index is 12.3. The van der Waals surface area contributed by atoms with Crippen molar-refractivity contribution >= 4 is 5.91 Å². The van der Waals surface area contributed by atoms with Crippen molar-refractivity contribution in [2.45, 2.75) is 51.4 Å². The molecule has 0 aromatic carbocycles. The molecule has 4 rings (SSSR count). The minimum atomic E-state index is 0.111. The molecular formula is C17H22N4O3. The van der Waals surface area contributed by atoms with Gasteiger partial charge >= 0.3 is 0 Å². The van der Waals surface area contributed by atoms with E-state index in [1.54, 1.807) is 0 Å². The number of hydrogen-bond acceptors (Lipinski definition) is 6. The van der Waals surface area contributed by atoms with E-state index in [1.807, 2.05) is 17.9 Å². The average molecular weight is 330 g/mol. The molecule has 2 fully saturated rings. The third-order valence-electron chi connectivity index (χ3n) is 4.85. The van der Waals surface area contributed by atoms with Crippen LogP contribution < -0.4 is 0 Å². The van der Waals surface area contributed by atoms with Gasteiger partial charge in [0.1, 0.15) is 5.76 Å². The summed E-state index contributed by atoms with van der Waals surface area (Å²) in [6.45, 7) is 3.42. The lowest BCUT2D eigenvalue weighted by Gasteiger charge is -2.31. The van der Waals surface area contributed by atoms with Crippen LogP contribution in [-0.4, -0.2) is 39.2 Å². The zero-order valence-electron chi connectivity index (χ0n) is 13.9. The molecule has 0 N–H and O–H groups in total. The molecule has 1 saturated heterocycles. The van der Waals surface area contributed by atoms with Gasteiger partial charge in [0.25, 0.3) is 0 Å². The summed E-state index contributed by atoms with van der Waals surface area (Å²) in [5.74, 6) is 3.40. The predicted octanol–water partition coefficient (Wildman–Crippen LogP) is 2.27. The first-order chi connectivity index (χ1) is 11.7. The van der Waals surface area contributed by atoms with Crippen LogP contribution in [0.2, 0.25) is 0 Å². The Hall–Kier alpha value is -2.18. The van der Waals surface area contributed by atoms with Crippen LogP contribution >= 0.6 is 0 Å². The van der Waals surface area contributed by atoms with Gasteiger partial charge in [-0.2, -0.15) is 4.98 Å². The zero-order chi connectivity index (χ0) is 16.5. The molecule has 2 aliphatic rings. The van der Waals surface area contributed by atoms with E-state index >= 15 is 0 Å². The molecule has 0 unspecified atom stereocenters. The topological polar surface area (TPSA) is 85.3 Å². The number of carbonyl (C=O) groups is 1. The third-order valence-corrected chi connectivity index (χ3v) is 4.85. The Balaban J connectivity index is 1.25. The molecule has 0 radical (unpaired) electrons. The van der Waals surface area contributed by atoms with Crippen LogP contribution in [0.1, 0.15) is 54.8 Å². The van der Waals surface area contributed by atoms with E-state index in [0.717, 1.165) is 49.8 Å². The van der Waals surface area contributed by atoms with Crippen molar-refractivity contribution in [2.24, 2.45) is 5.92 Å². The van der Waals surface area contributed by atoms with Crippen molar-refractivity contribution in [1.82, 2.24) is 20.2 Å². The van der Waals surface area contributed by atoms with Crippen LogP contribution in [0.25, 0.3) is 0 Å². The first-order valence-electron chi connectivity index (χ1n) is 8.70. The van der Waals surface area contributed by atoms with Crippen LogP contribution in [0.3, 0.4) is 0 Å². The molecule has 2 aromatic rings. The fourth-order valence-electron chi connectivity index (χ4n) is 3.25. The van der Waals surface area contributed by atoms with E-state index in [0.29, 0.717) is 24.0 Å². The van der Waals surface area contributed by atoms with Crippen LogP contribution in [-0.2, 0) is 17.6 Å². The van der Waals surface area contributed by atoms with Gasteiger partial charge in [-0.25, -0.2) is 0 Å². The number of rotatable bonds is 5. The Morgan fingerprint density at radius 2 is 2.00 bits per heavy atom. The molecule has 1 saturated carbocycles. The van der Waals surface area contributed by atoms with Crippen molar-refractivity contribution in [3.05, 3.63) is 29.2 Å². The van der Waals surface area contributed by atoms with Crippen LogP contribution in [0.15, 0.2) is 15.1 Å². The minimum Gasteiger partial charge on any atom is -0.361 e.